The van der Waals surface area contributed by atoms with Crippen LogP contribution in [0.1, 0.15) is 12.5 Å². The molecule has 0 aromatic heterocycles. The summed E-state index contributed by atoms with van der Waals surface area (Å²) in [5.74, 6) is -2.34. The number of carbonyl (C=O) groups is 1. The molecule has 0 fully saturated rings. The van der Waals surface area contributed by atoms with Gasteiger partial charge in [-0.2, -0.15) is 5.11 Å². The fourth-order valence-corrected chi connectivity index (χ4v) is 2.53. The van der Waals surface area contributed by atoms with E-state index >= 15 is 0 Å². The van der Waals surface area contributed by atoms with Crippen molar-refractivity contribution in [2.24, 2.45) is 10.2 Å². The van der Waals surface area contributed by atoms with E-state index in [0.717, 1.165) is 24.3 Å². The van der Waals surface area contributed by atoms with Crippen LogP contribution in [0.5, 0.6) is 0 Å². The first kappa shape index (κ1) is 21.3. The second kappa shape index (κ2) is 9.25. The maximum Gasteiger partial charge on any atom is 0.362 e. The number of nitro benzene ring substituents is 1. The van der Waals surface area contributed by atoms with Crippen LogP contribution in [0.4, 0.5) is 15.8 Å². The second-order valence-corrected chi connectivity index (χ2v) is 5.95. The first-order valence-electron chi connectivity index (χ1n) is 7.66. The number of benzene rings is 2. The first-order chi connectivity index (χ1) is 13.2. The second-order valence-electron chi connectivity index (χ2n) is 5.13. The molecular weight excluding hydrogens is 416 g/mol. The molecule has 11 heteroatoms. The predicted octanol–water partition coefficient (Wildman–Crippen LogP) is 5.61. The summed E-state index contributed by atoms with van der Waals surface area (Å²) >= 11 is 11.8. The van der Waals surface area contributed by atoms with Crippen molar-refractivity contribution in [1.82, 2.24) is 0 Å². The van der Waals surface area contributed by atoms with Crippen LogP contribution in [0.15, 0.2) is 52.3 Å². The number of rotatable bonds is 6. The zero-order chi connectivity index (χ0) is 20.8. The lowest BCUT2D eigenvalue weighted by molar-refractivity contribution is -0.384. The smallest absolute Gasteiger partial charge is 0.362 e. The summed E-state index contributed by atoms with van der Waals surface area (Å²) in [6.07, 6.45) is 0. The number of nitro groups is 1. The van der Waals surface area contributed by atoms with Gasteiger partial charge in [-0.05, 0) is 37.3 Å². The Morgan fingerprint density at radius 3 is 2.46 bits per heavy atom. The molecule has 2 rings (SSSR count). The van der Waals surface area contributed by atoms with E-state index in [-0.39, 0.29) is 27.9 Å². The van der Waals surface area contributed by atoms with Gasteiger partial charge in [-0.25, -0.2) is 9.18 Å². The summed E-state index contributed by atoms with van der Waals surface area (Å²) < 4.78 is 17.8. The Kier molecular flexibility index (Phi) is 7.02. The average Bonchev–Trinajstić information content (AvgIpc) is 2.63. The van der Waals surface area contributed by atoms with E-state index in [9.17, 15) is 24.4 Å². The van der Waals surface area contributed by atoms with Gasteiger partial charge in [0.05, 0.1) is 22.2 Å². The lowest BCUT2D eigenvalue weighted by Crippen LogP contribution is -2.08. The Hall–Kier alpha value is -3.04. The highest BCUT2D eigenvalue weighted by atomic mass is 35.5. The van der Waals surface area contributed by atoms with E-state index in [4.69, 9.17) is 27.9 Å². The standard InChI is InChI=1S/C17H12Cl2FN3O5/c1-2-28-17(25)15(22-21-10-5-3-9(20)4-6-10)16(24)11-7-14(23(26)27)13(19)8-12(11)18/h3-8,24H,2H2,1H3/b16-15+,22-21?. The van der Waals surface area contributed by atoms with E-state index in [0.29, 0.717) is 0 Å². The summed E-state index contributed by atoms with van der Waals surface area (Å²) in [4.78, 5) is 22.5. The molecule has 8 nitrogen and oxygen atoms in total. The van der Waals surface area contributed by atoms with Gasteiger partial charge < -0.3 is 9.84 Å². The minimum Gasteiger partial charge on any atom is -0.505 e. The Morgan fingerprint density at radius 2 is 1.89 bits per heavy atom. The van der Waals surface area contributed by atoms with E-state index in [1.54, 1.807) is 0 Å². The molecule has 0 unspecified atom stereocenters. The molecule has 0 radical (unpaired) electrons. The molecule has 0 amide bonds. The molecule has 2 aromatic rings. The van der Waals surface area contributed by atoms with Gasteiger partial charge in [0.1, 0.15) is 10.8 Å². The maximum atomic E-state index is 13.0. The van der Waals surface area contributed by atoms with Crippen LogP contribution in [0, 0.1) is 15.9 Å². The number of aliphatic hydroxyl groups is 1. The van der Waals surface area contributed by atoms with E-state index in [2.05, 4.69) is 10.2 Å². The van der Waals surface area contributed by atoms with Gasteiger partial charge in [0.25, 0.3) is 5.69 Å². The van der Waals surface area contributed by atoms with E-state index < -0.39 is 33.9 Å². The monoisotopic (exact) mass is 427 g/mol. The zero-order valence-corrected chi connectivity index (χ0v) is 15.7. The molecule has 0 aliphatic rings. The highest BCUT2D eigenvalue weighted by Crippen LogP contribution is 2.35. The fraction of sp³-hybridized carbons (Fsp3) is 0.118. The molecule has 0 saturated carbocycles. The Morgan fingerprint density at radius 1 is 1.25 bits per heavy atom. The summed E-state index contributed by atoms with van der Waals surface area (Å²) in [5.41, 5.74) is -1.26. The number of nitrogens with zero attached hydrogens (tertiary/aromatic N) is 3. The van der Waals surface area contributed by atoms with Gasteiger partial charge in [-0.15, -0.1) is 5.11 Å². The molecule has 0 bridgehead atoms. The summed E-state index contributed by atoms with van der Waals surface area (Å²) in [5, 5.41) is 28.5. The third-order valence-corrected chi connectivity index (χ3v) is 3.89. The predicted molar refractivity (Wildman–Crippen MR) is 100 cm³/mol. The van der Waals surface area contributed by atoms with Gasteiger partial charge in [0.2, 0.25) is 5.70 Å². The highest BCUT2D eigenvalue weighted by Gasteiger charge is 2.24. The Bertz CT molecular complexity index is 978. The number of hydrogen-bond donors (Lipinski definition) is 1. The van der Waals surface area contributed by atoms with Gasteiger partial charge in [0.15, 0.2) is 5.76 Å². The largest absolute Gasteiger partial charge is 0.505 e. The molecule has 1 N–H and O–H groups in total. The number of ether oxygens (including phenoxy) is 1. The number of esters is 1. The minimum atomic E-state index is -1.04. The van der Waals surface area contributed by atoms with Crippen molar-refractivity contribution < 1.29 is 24.0 Å². The number of aliphatic hydroxyl groups excluding tert-OH is 1. The number of azo groups is 1. The molecule has 28 heavy (non-hydrogen) atoms. The molecular formula is C17H12Cl2FN3O5. The van der Waals surface area contributed by atoms with E-state index in [1.165, 1.54) is 19.1 Å². The summed E-state index contributed by atoms with van der Waals surface area (Å²) in [6.45, 7) is 1.50. The van der Waals surface area contributed by atoms with Crippen molar-refractivity contribution >= 4 is 46.3 Å². The summed E-state index contributed by atoms with van der Waals surface area (Å²) in [6, 6.07) is 6.78. The Balaban J connectivity index is 2.59. The molecule has 0 atom stereocenters. The lowest BCUT2D eigenvalue weighted by Gasteiger charge is -2.08. The van der Waals surface area contributed by atoms with Crippen molar-refractivity contribution in [3.63, 3.8) is 0 Å². The first-order valence-corrected chi connectivity index (χ1v) is 8.41. The lowest BCUT2D eigenvalue weighted by atomic mass is 10.1. The summed E-state index contributed by atoms with van der Waals surface area (Å²) in [7, 11) is 0. The van der Waals surface area contributed by atoms with E-state index in [1.807, 2.05) is 0 Å². The van der Waals surface area contributed by atoms with Gasteiger partial charge in [-0.1, -0.05) is 23.2 Å². The van der Waals surface area contributed by atoms with Crippen molar-refractivity contribution in [1.29, 1.82) is 0 Å². The van der Waals surface area contributed by atoms with Crippen molar-refractivity contribution in [3.05, 3.63) is 73.6 Å². The third kappa shape index (κ3) is 5.02. The zero-order valence-electron chi connectivity index (χ0n) is 14.2. The fourth-order valence-electron chi connectivity index (χ4n) is 1.99. The molecule has 0 aliphatic heterocycles. The third-order valence-electron chi connectivity index (χ3n) is 3.27. The molecule has 2 aromatic carbocycles. The molecule has 0 heterocycles. The van der Waals surface area contributed by atoms with Crippen LogP contribution in [-0.2, 0) is 9.53 Å². The van der Waals surface area contributed by atoms with Crippen molar-refractivity contribution in [2.75, 3.05) is 6.61 Å². The number of hydrogen-bond acceptors (Lipinski definition) is 7. The van der Waals surface area contributed by atoms with Crippen LogP contribution in [0.2, 0.25) is 10.0 Å². The Labute approximate surface area is 168 Å². The minimum absolute atomic E-state index is 0.0316. The van der Waals surface area contributed by atoms with Crippen LogP contribution in [0.25, 0.3) is 5.76 Å². The maximum absolute atomic E-state index is 13.0. The number of carbonyl (C=O) groups excluding carboxylic acids is 1. The van der Waals surface area contributed by atoms with Crippen molar-refractivity contribution in [3.8, 4) is 0 Å². The van der Waals surface area contributed by atoms with Gasteiger partial charge in [0, 0.05) is 11.6 Å². The molecule has 0 saturated heterocycles. The normalized spacial score (nSPS) is 12.0. The molecule has 0 spiro atoms. The van der Waals surface area contributed by atoms with Crippen LogP contribution in [-0.4, -0.2) is 22.6 Å². The van der Waals surface area contributed by atoms with Crippen LogP contribution < -0.4 is 0 Å². The average molecular weight is 428 g/mol. The molecule has 146 valence electrons. The molecule has 0 aliphatic carbocycles. The topological polar surface area (TPSA) is 114 Å². The van der Waals surface area contributed by atoms with Crippen molar-refractivity contribution in [2.45, 2.75) is 6.92 Å². The highest BCUT2D eigenvalue weighted by molar-refractivity contribution is 6.37. The SMILES string of the molecule is CCOC(=O)/C(N=Nc1ccc(F)cc1)=C(\O)c1cc([N+](=O)[O-])c(Cl)cc1Cl. The van der Waals surface area contributed by atoms with Gasteiger partial charge >= 0.3 is 5.97 Å². The quantitative estimate of drug-likeness (QED) is 0.160. The van der Waals surface area contributed by atoms with Gasteiger partial charge in [-0.3, -0.25) is 10.1 Å². The van der Waals surface area contributed by atoms with Crippen LogP contribution >= 0.6 is 23.2 Å². The van der Waals surface area contributed by atoms with Crippen LogP contribution in [0.3, 0.4) is 0 Å². The number of halogens is 3.